The van der Waals surface area contributed by atoms with E-state index in [0.717, 1.165) is 11.8 Å². The van der Waals surface area contributed by atoms with Crippen molar-refractivity contribution in [2.75, 3.05) is 11.5 Å². The predicted molar refractivity (Wildman–Crippen MR) is 68.3 cm³/mol. The molecular weight excluding hydrogens is 268 g/mol. The molecule has 2 amide bonds. The average Bonchev–Trinajstić information content (AvgIpc) is 2.91. The Morgan fingerprint density at radius 1 is 1.37 bits per heavy atom. The highest BCUT2D eigenvalue weighted by atomic mass is 32.2. The van der Waals surface area contributed by atoms with Gasteiger partial charge < -0.3 is 10.2 Å². The second kappa shape index (κ2) is 6.01. The van der Waals surface area contributed by atoms with Gasteiger partial charge in [0.25, 0.3) is 5.91 Å². The lowest BCUT2D eigenvalue weighted by Crippen LogP contribution is -2.31. The van der Waals surface area contributed by atoms with Crippen molar-refractivity contribution in [3.05, 3.63) is 36.5 Å². The Morgan fingerprint density at radius 2 is 2.16 bits per heavy atom. The second-order valence-electron chi connectivity index (χ2n) is 3.39. The number of thioether (sulfide) groups is 1. The van der Waals surface area contributed by atoms with E-state index in [4.69, 9.17) is 10.2 Å². The molecule has 0 bridgehead atoms. The van der Waals surface area contributed by atoms with Crippen LogP contribution in [0.5, 0.6) is 0 Å². The van der Waals surface area contributed by atoms with Gasteiger partial charge in [0.15, 0.2) is 11.6 Å². The van der Waals surface area contributed by atoms with Gasteiger partial charge in [-0.2, -0.15) is 0 Å². The number of carbonyl (C=O) groups is 2. The van der Waals surface area contributed by atoms with E-state index in [1.165, 1.54) is 24.7 Å². The van der Waals surface area contributed by atoms with Gasteiger partial charge in [0.2, 0.25) is 5.91 Å². The molecule has 19 heavy (non-hydrogen) atoms. The Balaban J connectivity index is 1.85. The number of nitrogens with one attached hydrogen (secondary N) is 1. The molecule has 0 fully saturated rings. The molecule has 0 spiro atoms. The van der Waals surface area contributed by atoms with Crippen LogP contribution in [0.25, 0.3) is 0 Å². The molecule has 2 aromatic heterocycles. The van der Waals surface area contributed by atoms with Gasteiger partial charge in [-0.15, -0.1) is 0 Å². The lowest BCUT2D eigenvalue weighted by Gasteiger charge is -2.03. The summed E-state index contributed by atoms with van der Waals surface area (Å²) in [5.74, 6) is -0.704. The number of nitrogen functional groups attached to an aromatic ring is 1. The fraction of sp³-hybridized carbons (Fsp3) is 0.0909. The van der Waals surface area contributed by atoms with Crippen molar-refractivity contribution < 1.29 is 14.0 Å². The zero-order chi connectivity index (χ0) is 13.7. The minimum Gasteiger partial charge on any atom is -0.459 e. The summed E-state index contributed by atoms with van der Waals surface area (Å²) in [5, 5.41) is 2.64. The fourth-order valence-corrected chi connectivity index (χ4v) is 1.89. The quantitative estimate of drug-likeness (QED) is 0.792. The van der Waals surface area contributed by atoms with Crippen molar-refractivity contribution in [1.29, 1.82) is 0 Å². The van der Waals surface area contributed by atoms with Crippen LogP contribution in [0.1, 0.15) is 10.6 Å². The van der Waals surface area contributed by atoms with Crippen molar-refractivity contribution in [2.45, 2.75) is 5.03 Å². The lowest BCUT2D eigenvalue weighted by molar-refractivity contribution is -0.117. The Labute approximate surface area is 112 Å². The number of rotatable bonds is 4. The number of anilines is 1. The number of furan rings is 1. The molecule has 2 heterocycles. The topological polar surface area (TPSA) is 111 Å². The van der Waals surface area contributed by atoms with Gasteiger partial charge in [-0.25, -0.2) is 9.97 Å². The highest BCUT2D eigenvalue weighted by Gasteiger charge is 2.13. The maximum Gasteiger partial charge on any atom is 0.293 e. The Morgan fingerprint density at radius 3 is 2.84 bits per heavy atom. The molecule has 0 unspecified atom stereocenters. The van der Waals surface area contributed by atoms with Crippen LogP contribution in [0, 0.1) is 0 Å². The van der Waals surface area contributed by atoms with Gasteiger partial charge in [0.05, 0.1) is 12.0 Å². The second-order valence-corrected chi connectivity index (χ2v) is 4.35. The highest BCUT2D eigenvalue weighted by Crippen LogP contribution is 2.18. The molecule has 0 aromatic carbocycles. The molecule has 0 atom stereocenters. The van der Waals surface area contributed by atoms with Gasteiger partial charge in [0.1, 0.15) is 5.03 Å². The highest BCUT2D eigenvalue weighted by molar-refractivity contribution is 8.00. The van der Waals surface area contributed by atoms with E-state index in [9.17, 15) is 9.59 Å². The largest absolute Gasteiger partial charge is 0.459 e. The van der Waals surface area contributed by atoms with Crippen LogP contribution >= 0.6 is 11.8 Å². The van der Waals surface area contributed by atoms with E-state index in [1.54, 1.807) is 6.07 Å². The van der Waals surface area contributed by atoms with Crippen LogP contribution < -0.4 is 11.1 Å². The third kappa shape index (κ3) is 3.55. The number of imide groups is 1. The molecule has 0 saturated carbocycles. The standard InChI is InChI=1S/C11H10N4O3S/c12-9-11(14-4-3-13-9)19-6-8(16)15-10(17)7-2-1-5-18-7/h1-5H,6H2,(H2,12,13)(H,15,16,17). The van der Waals surface area contributed by atoms with Crippen LogP contribution in [0.2, 0.25) is 0 Å². The molecule has 2 aromatic rings. The number of hydrogen-bond donors (Lipinski definition) is 2. The van der Waals surface area contributed by atoms with Gasteiger partial charge in [0, 0.05) is 12.4 Å². The molecule has 98 valence electrons. The number of nitrogens with two attached hydrogens (primary N) is 1. The molecular formula is C11H10N4O3S. The van der Waals surface area contributed by atoms with Crippen molar-refractivity contribution in [3.8, 4) is 0 Å². The molecule has 0 aliphatic carbocycles. The number of amides is 2. The van der Waals surface area contributed by atoms with Crippen molar-refractivity contribution in [3.63, 3.8) is 0 Å². The monoisotopic (exact) mass is 278 g/mol. The van der Waals surface area contributed by atoms with E-state index in [0.29, 0.717) is 5.03 Å². The third-order valence-corrected chi connectivity index (χ3v) is 3.02. The van der Waals surface area contributed by atoms with Crippen LogP contribution in [-0.2, 0) is 4.79 Å². The molecule has 3 N–H and O–H groups in total. The van der Waals surface area contributed by atoms with E-state index < -0.39 is 11.8 Å². The first-order chi connectivity index (χ1) is 9.16. The summed E-state index contributed by atoms with van der Waals surface area (Å²) in [6.07, 6.45) is 4.29. The molecule has 0 radical (unpaired) electrons. The van der Waals surface area contributed by atoms with Gasteiger partial charge in [-0.05, 0) is 12.1 Å². The minimum absolute atomic E-state index is 0.00927. The number of carbonyl (C=O) groups excluding carboxylic acids is 2. The fourth-order valence-electron chi connectivity index (χ4n) is 1.21. The Hall–Kier alpha value is -2.35. The zero-order valence-electron chi connectivity index (χ0n) is 9.70. The first-order valence-corrected chi connectivity index (χ1v) is 6.22. The zero-order valence-corrected chi connectivity index (χ0v) is 10.5. The molecule has 7 nitrogen and oxygen atoms in total. The van der Waals surface area contributed by atoms with E-state index in [1.807, 2.05) is 0 Å². The van der Waals surface area contributed by atoms with Crippen LogP contribution in [0.4, 0.5) is 5.82 Å². The van der Waals surface area contributed by atoms with E-state index >= 15 is 0 Å². The number of hydrogen-bond acceptors (Lipinski definition) is 7. The normalized spacial score (nSPS) is 10.1. The van der Waals surface area contributed by atoms with Gasteiger partial charge in [-0.3, -0.25) is 14.9 Å². The minimum atomic E-state index is -0.581. The summed E-state index contributed by atoms with van der Waals surface area (Å²) in [6.45, 7) is 0. The van der Waals surface area contributed by atoms with E-state index in [2.05, 4.69) is 15.3 Å². The summed E-state index contributed by atoms with van der Waals surface area (Å²) in [7, 11) is 0. The third-order valence-electron chi connectivity index (χ3n) is 2.03. The molecule has 8 heteroatoms. The lowest BCUT2D eigenvalue weighted by atomic mass is 10.4. The molecule has 0 saturated heterocycles. The average molecular weight is 278 g/mol. The maximum absolute atomic E-state index is 11.5. The number of aromatic nitrogens is 2. The van der Waals surface area contributed by atoms with Crippen LogP contribution in [0.15, 0.2) is 40.2 Å². The van der Waals surface area contributed by atoms with Crippen molar-refractivity contribution in [2.24, 2.45) is 0 Å². The van der Waals surface area contributed by atoms with E-state index in [-0.39, 0.29) is 17.3 Å². The smallest absolute Gasteiger partial charge is 0.293 e. The summed E-state index contributed by atoms with van der Waals surface area (Å²) >= 11 is 1.10. The van der Waals surface area contributed by atoms with Gasteiger partial charge in [-0.1, -0.05) is 11.8 Å². The van der Waals surface area contributed by atoms with Crippen LogP contribution in [-0.4, -0.2) is 27.5 Å². The maximum atomic E-state index is 11.5. The Bertz CT molecular complexity index is 585. The van der Waals surface area contributed by atoms with Crippen LogP contribution in [0.3, 0.4) is 0 Å². The summed E-state index contributed by atoms with van der Waals surface area (Å²) in [5.41, 5.74) is 5.58. The van der Waals surface area contributed by atoms with Crippen molar-refractivity contribution in [1.82, 2.24) is 15.3 Å². The predicted octanol–water partition coefficient (Wildman–Crippen LogP) is 0.701. The summed E-state index contributed by atoms with van der Waals surface area (Å²) in [6, 6.07) is 3.03. The summed E-state index contributed by atoms with van der Waals surface area (Å²) < 4.78 is 4.86. The number of nitrogens with zero attached hydrogens (tertiary/aromatic N) is 2. The first kappa shape index (κ1) is 13.1. The summed E-state index contributed by atoms with van der Waals surface area (Å²) in [4.78, 5) is 30.9. The molecule has 0 aliphatic rings. The van der Waals surface area contributed by atoms with Gasteiger partial charge >= 0.3 is 0 Å². The van der Waals surface area contributed by atoms with Crippen molar-refractivity contribution >= 4 is 29.4 Å². The first-order valence-electron chi connectivity index (χ1n) is 5.24. The Kier molecular flexibility index (Phi) is 4.14. The molecule has 2 rings (SSSR count). The SMILES string of the molecule is Nc1nccnc1SCC(=O)NC(=O)c1ccco1. The molecule has 0 aliphatic heterocycles.